The minimum atomic E-state index is -2.99. The van der Waals surface area contributed by atoms with Gasteiger partial charge in [0, 0.05) is 6.42 Å². The first-order valence-corrected chi connectivity index (χ1v) is 11.5. The van der Waals surface area contributed by atoms with Gasteiger partial charge in [-0.1, -0.05) is 24.3 Å². The lowest BCUT2D eigenvalue weighted by molar-refractivity contribution is -0.122. The summed E-state index contributed by atoms with van der Waals surface area (Å²) in [6.07, 6.45) is 1.40. The van der Waals surface area contributed by atoms with E-state index in [9.17, 15) is 13.2 Å². The molecule has 0 aliphatic carbocycles. The quantitative estimate of drug-likeness (QED) is 0.714. The second-order valence-electron chi connectivity index (χ2n) is 7.42. The number of hydrogen-bond acceptors (Lipinski definition) is 5. The van der Waals surface area contributed by atoms with Crippen LogP contribution in [0.25, 0.3) is 0 Å². The standard InChI is InChI=1S/C22H27NO5S/c1-27-19-7-3-16(4-8-19)13-21(18-5-9-20(28-2)10-6-18)23-22(24)14-17-11-12-29(25,26)15-17/h3-10,17,21H,11-15H2,1-2H3,(H,23,24). The van der Waals surface area contributed by atoms with E-state index in [2.05, 4.69) is 5.32 Å². The predicted octanol–water partition coefficient (Wildman–Crippen LogP) is 2.93. The highest BCUT2D eigenvalue weighted by molar-refractivity contribution is 7.91. The Kier molecular flexibility index (Phi) is 6.79. The fourth-order valence-corrected chi connectivity index (χ4v) is 5.50. The van der Waals surface area contributed by atoms with Gasteiger partial charge in [-0.25, -0.2) is 8.42 Å². The molecule has 0 aromatic heterocycles. The molecule has 1 N–H and O–H groups in total. The first-order valence-electron chi connectivity index (χ1n) is 9.65. The van der Waals surface area contributed by atoms with Crippen LogP contribution in [0.3, 0.4) is 0 Å². The van der Waals surface area contributed by atoms with Crippen LogP contribution in [-0.2, 0) is 21.1 Å². The number of methoxy groups -OCH3 is 2. The Morgan fingerprint density at radius 2 is 1.62 bits per heavy atom. The van der Waals surface area contributed by atoms with Gasteiger partial charge in [0.1, 0.15) is 11.5 Å². The van der Waals surface area contributed by atoms with E-state index >= 15 is 0 Å². The molecule has 7 heteroatoms. The first-order chi connectivity index (χ1) is 13.9. The van der Waals surface area contributed by atoms with Crippen LogP contribution in [0, 0.1) is 5.92 Å². The number of rotatable bonds is 8. The van der Waals surface area contributed by atoms with Gasteiger partial charge >= 0.3 is 0 Å². The molecule has 29 heavy (non-hydrogen) atoms. The number of hydrogen-bond donors (Lipinski definition) is 1. The van der Waals surface area contributed by atoms with Crippen molar-refractivity contribution < 1.29 is 22.7 Å². The summed E-state index contributed by atoms with van der Waals surface area (Å²) in [5.74, 6) is 1.59. The third kappa shape index (κ3) is 5.97. The highest BCUT2D eigenvalue weighted by Gasteiger charge is 2.30. The van der Waals surface area contributed by atoms with Gasteiger partial charge in [-0.05, 0) is 54.2 Å². The van der Waals surface area contributed by atoms with Gasteiger partial charge in [0.15, 0.2) is 9.84 Å². The number of benzene rings is 2. The van der Waals surface area contributed by atoms with Crippen molar-refractivity contribution in [2.45, 2.75) is 25.3 Å². The molecule has 1 saturated heterocycles. The van der Waals surface area contributed by atoms with Crippen molar-refractivity contribution in [2.24, 2.45) is 5.92 Å². The maximum Gasteiger partial charge on any atom is 0.220 e. The molecule has 156 valence electrons. The largest absolute Gasteiger partial charge is 0.497 e. The Balaban J connectivity index is 1.73. The van der Waals surface area contributed by atoms with E-state index in [0.29, 0.717) is 12.8 Å². The number of ether oxygens (including phenoxy) is 2. The second-order valence-corrected chi connectivity index (χ2v) is 9.65. The van der Waals surface area contributed by atoms with Gasteiger partial charge in [-0.2, -0.15) is 0 Å². The summed E-state index contributed by atoms with van der Waals surface area (Å²) in [5.41, 5.74) is 2.03. The fourth-order valence-electron chi connectivity index (χ4n) is 3.63. The molecular weight excluding hydrogens is 390 g/mol. The van der Waals surface area contributed by atoms with Gasteiger partial charge in [0.2, 0.25) is 5.91 Å². The number of carbonyl (C=O) groups is 1. The molecule has 6 nitrogen and oxygen atoms in total. The van der Waals surface area contributed by atoms with E-state index in [-0.39, 0.29) is 35.8 Å². The Morgan fingerprint density at radius 1 is 1.03 bits per heavy atom. The average Bonchev–Trinajstić information content (AvgIpc) is 3.06. The summed E-state index contributed by atoms with van der Waals surface area (Å²) in [6.45, 7) is 0. The molecule has 1 heterocycles. The van der Waals surface area contributed by atoms with Gasteiger partial charge in [0.25, 0.3) is 0 Å². The van der Waals surface area contributed by atoms with Crippen molar-refractivity contribution in [1.29, 1.82) is 0 Å². The summed E-state index contributed by atoms with van der Waals surface area (Å²) >= 11 is 0. The Morgan fingerprint density at radius 3 is 2.14 bits per heavy atom. The molecular formula is C22H27NO5S. The zero-order chi connectivity index (χ0) is 20.9. The van der Waals surface area contributed by atoms with Gasteiger partial charge < -0.3 is 14.8 Å². The molecule has 0 saturated carbocycles. The molecule has 1 amide bonds. The molecule has 0 bridgehead atoms. The lowest BCUT2D eigenvalue weighted by Crippen LogP contribution is -2.31. The van der Waals surface area contributed by atoms with Crippen molar-refractivity contribution in [3.8, 4) is 11.5 Å². The van der Waals surface area contributed by atoms with Crippen LogP contribution in [0.1, 0.15) is 30.0 Å². The molecule has 1 aliphatic rings. The lowest BCUT2D eigenvalue weighted by atomic mass is 9.97. The van der Waals surface area contributed by atoms with Gasteiger partial charge in [0.05, 0.1) is 31.8 Å². The van der Waals surface area contributed by atoms with E-state index in [1.807, 2.05) is 48.5 Å². The van der Waals surface area contributed by atoms with E-state index in [1.165, 1.54) is 0 Å². The molecule has 2 aromatic carbocycles. The molecule has 2 atom stereocenters. The zero-order valence-electron chi connectivity index (χ0n) is 16.8. The summed E-state index contributed by atoms with van der Waals surface area (Å²) in [4.78, 5) is 12.7. The van der Waals surface area contributed by atoms with Crippen LogP contribution in [0.15, 0.2) is 48.5 Å². The van der Waals surface area contributed by atoms with Crippen molar-refractivity contribution in [1.82, 2.24) is 5.32 Å². The number of sulfone groups is 1. The smallest absolute Gasteiger partial charge is 0.220 e. The Hall–Kier alpha value is -2.54. The van der Waals surface area contributed by atoms with Crippen LogP contribution < -0.4 is 14.8 Å². The minimum absolute atomic E-state index is 0.0995. The highest BCUT2D eigenvalue weighted by Crippen LogP contribution is 2.25. The van der Waals surface area contributed by atoms with E-state index < -0.39 is 9.84 Å². The monoisotopic (exact) mass is 417 g/mol. The van der Waals surface area contributed by atoms with E-state index in [4.69, 9.17) is 9.47 Å². The van der Waals surface area contributed by atoms with Crippen LogP contribution in [0.4, 0.5) is 0 Å². The molecule has 2 unspecified atom stereocenters. The number of nitrogens with one attached hydrogen (secondary N) is 1. The molecule has 1 aliphatic heterocycles. The van der Waals surface area contributed by atoms with Crippen LogP contribution in [-0.4, -0.2) is 40.1 Å². The summed E-state index contributed by atoms with van der Waals surface area (Å²) in [5, 5.41) is 3.10. The van der Waals surface area contributed by atoms with Crippen molar-refractivity contribution in [3.05, 3.63) is 59.7 Å². The Labute approximate surface area is 172 Å². The topological polar surface area (TPSA) is 81.7 Å². The van der Waals surface area contributed by atoms with Crippen LogP contribution in [0.5, 0.6) is 11.5 Å². The van der Waals surface area contributed by atoms with Gasteiger partial charge in [-0.3, -0.25) is 4.79 Å². The molecule has 2 aromatic rings. The van der Waals surface area contributed by atoms with E-state index in [1.54, 1.807) is 14.2 Å². The fraction of sp³-hybridized carbons (Fsp3) is 0.409. The van der Waals surface area contributed by atoms with Crippen LogP contribution in [0.2, 0.25) is 0 Å². The summed E-state index contributed by atoms with van der Waals surface area (Å²) < 4.78 is 33.8. The summed E-state index contributed by atoms with van der Waals surface area (Å²) in [7, 11) is 0.246. The average molecular weight is 418 g/mol. The van der Waals surface area contributed by atoms with Crippen molar-refractivity contribution in [3.63, 3.8) is 0 Å². The third-order valence-corrected chi connectivity index (χ3v) is 7.09. The minimum Gasteiger partial charge on any atom is -0.497 e. The van der Waals surface area contributed by atoms with E-state index in [0.717, 1.165) is 22.6 Å². The first kappa shape index (κ1) is 21.2. The maximum atomic E-state index is 12.7. The van der Waals surface area contributed by atoms with Crippen molar-refractivity contribution >= 4 is 15.7 Å². The van der Waals surface area contributed by atoms with Crippen molar-refractivity contribution in [2.75, 3.05) is 25.7 Å². The maximum absolute atomic E-state index is 12.7. The number of amides is 1. The zero-order valence-corrected chi connectivity index (χ0v) is 17.6. The SMILES string of the molecule is COc1ccc(CC(NC(=O)CC2CCS(=O)(=O)C2)c2ccc(OC)cc2)cc1. The predicted molar refractivity (Wildman–Crippen MR) is 112 cm³/mol. The molecule has 1 fully saturated rings. The Bertz CT molecular complexity index is 923. The molecule has 0 radical (unpaired) electrons. The molecule has 0 spiro atoms. The molecule has 3 rings (SSSR count). The lowest BCUT2D eigenvalue weighted by Gasteiger charge is -2.21. The number of carbonyl (C=O) groups excluding carboxylic acids is 1. The normalized spacial score (nSPS) is 18.8. The van der Waals surface area contributed by atoms with Gasteiger partial charge in [-0.15, -0.1) is 0 Å². The second kappa shape index (κ2) is 9.31. The van der Waals surface area contributed by atoms with Crippen LogP contribution >= 0.6 is 0 Å². The highest BCUT2D eigenvalue weighted by atomic mass is 32.2. The third-order valence-electron chi connectivity index (χ3n) is 5.25. The summed E-state index contributed by atoms with van der Waals surface area (Å²) in [6, 6.07) is 15.1.